The van der Waals surface area contributed by atoms with Crippen molar-refractivity contribution in [1.82, 2.24) is 19.5 Å². The van der Waals surface area contributed by atoms with E-state index in [1.165, 1.54) is 21.8 Å². The molecule has 0 N–H and O–H groups in total. The van der Waals surface area contributed by atoms with Gasteiger partial charge in [-0.1, -0.05) is 133 Å². The van der Waals surface area contributed by atoms with E-state index in [-0.39, 0.29) is 0 Å². The predicted molar refractivity (Wildman–Crippen MR) is 229 cm³/mol. The highest BCUT2D eigenvalue weighted by Gasteiger charge is 2.19. The zero-order valence-corrected chi connectivity index (χ0v) is 30.2. The van der Waals surface area contributed by atoms with E-state index in [0.29, 0.717) is 17.5 Å². The second kappa shape index (κ2) is 13.0. The highest BCUT2D eigenvalue weighted by molar-refractivity contribution is 6.15. The van der Waals surface area contributed by atoms with Crippen molar-refractivity contribution in [1.29, 1.82) is 0 Å². The number of benzene rings is 8. The van der Waals surface area contributed by atoms with Gasteiger partial charge in [0, 0.05) is 43.9 Å². The minimum atomic E-state index is 0.600. The number of furan rings is 1. The summed E-state index contributed by atoms with van der Waals surface area (Å²) in [6.07, 6.45) is 0. The highest BCUT2D eigenvalue weighted by Crippen LogP contribution is 2.41. The van der Waals surface area contributed by atoms with Gasteiger partial charge < -0.3 is 8.98 Å². The van der Waals surface area contributed by atoms with Gasteiger partial charge in [0.1, 0.15) is 11.2 Å². The van der Waals surface area contributed by atoms with Crippen LogP contribution in [0.3, 0.4) is 0 Å². The van der Waals surface area contributed by atoms with Crippen LogP contribution < -0.4 is 0 Å². The van der Waals surface area contributed by atoms with E-state index in [1.54, 1.807) is 0 Å². The molecule has 5 heteroatoms. The van der Waals surface area contributed by atoms with Crippen molar-refractivity contribution in [2.75, 3.05) is 0 Å². The van der Waals surface area contributed by atoms with E-state index in [4.69, 9.17) is 19.4 Å². The van der Waals surface area contributed by atoms with Gasteiger partial charge in [-0.15, -0.1) is 0 Å². The second-order valence-corrected chi connectivity index (χ2v) is 14.0. The lowest BCUT2D eigenvalue weighted by molar-refractivity contribution is 0.669. The number of nitrogens with zero attached hydrogens (tertiary/aromatic N) is 4. The third kappa shape index (κ3) is 5.37. The van der Waals surface area contributed by atoms with Crippen LogP contribution in [0.5, 0.6) is 0 Å². The summed E-state index contributed by atoms with van der Waals surface area (Å²) in [5.41, 5.74) is 12.4. The van der Waals surface area contributed by atoms with E-state index in [2.05, 4.69) is 144 Å². The molecule has 56 heavy (non-hydrogen) atoms. The first-order valence-electron chi connectivity index (χ1n) is 18.8. The molecule has 0 saturated carbocycles. The number of hydrogen-bond donors (Lipinski definition) is 0. The first kappa shape index (κ1) is 31.9. The Morgan fingerprint density at radius 2 is 0.911 bits per heavy atom. The molecule has 8 aromatic carbocycles. The summed E-state index contributed by atoms with van der Waals surface area (Å²) < 4.78 is 8.86. The van der Waals surface area contributed by atoms with E-state index in [1.807, 2.05) is 54.6 Å². The van der Waals surface area contributed by atoms with Crippen LogP contribution in [0.4, 0.5) is 0 Å². The highest BCUT2D eigenvalue weighted by atomic mass is 16.3. The van der Waals surface area contributed by atoms with E-state index < -0.39 is 0 Å². The molecule has 11 aromatic rings. The van der Waals surface area contributed by atoms with Crippen LogP contribution in [0.2, 0.25) is 0 Å². The topological polar surface area (TPSA) is 56.7 Å². The Hall–Kier alpha value is -7.63. The van der Waals surface area contributed by atoms with Crippen molar-refractivity contribution >= 4 is 43.7 Å². The Balaban J connectivity index is 1.08. The fourth-order valence-electron chi connectivity index (χ4n) is 8.02. The summed E-state index contributed by atoms with van der Waals surface area (Å²) >= 11 is 0. The Morgan fingerprint density at radius 3 is 1.70 bits per heavy atom. The number of aromatic nitrogens is 4. The predicted octanol–water partition coefficient (Wildman–Crippen LogP) is 13.2. The summed E-state index contributed by atoms with van der Waals surface area (Å²) in [4.78, 5) is 15.2. The largest absolute Gasteiger partial charge is 0.456 e. The maximum Gasteiger partial charge on any atom is 0.164 e. The smallest absolute Gasteiger partial charge is 0.164 e. The van der Waals surface area contributed by atoms with Crippen molar-refractivity contribution in [3.05, 3.63) is 194 Å². The van der Waals surface area contributed by atoms with Gasteiger partial charge in [0.2, 0.25) is 0 Å². The molecule has 0 atom stereocenters. The van der Waals surface area contributed by atoms with Crippen molar-refractivity contribution in [3.8, 4) is 62.1 Å². The summed E-state index contributed by atoms with van der Waals surface area (Å²) in [5.74, 6) is 1.84. The molecular weight excluding hydrogens is 685 g/mol. The molecule has 0 bridgehead atoms. The molecule has 0 aliphatic heterocycles. The zero-order chi connectivity index (χ0) is 37.0. The first-order chi connectivity index (χ1) is 27.7. The normalized spacial score (nSPS) is 11.6. The Kier molecular flexibility index (Phi) is 7.42. The monoisotopic (exact) mass is 716 g/mol. The third-order valence-corrected chi connectivity index (χ3v) is 10.6. The fraction of sp³-hybridized carbons (Fsp3) is 0. The molecule has 0 radical (unpaired) electrons. The fourth-order valence-corrected chi connectivity index (χ4v) is 8.02. The third-order valence-electron chi connectivity index (χ3n) is 10.6. The average molecular weight is 717 g/mol. The van der Waals surface area contributed by atoms with Gasteiger partial charge in [-0.05, 0) is 82.9 Å². The van der Waals surface area contributed by atoms with E-state index in [9.17, 15) is 0 Å². The summed E-state index contributed by atoms with van der Waals surface area (Å²) in [6.45, 7) is 0. The number of fused-ring (bicyclic) bond motifs is 6. The van der Waals surface area contributed by atoms with Crippen LogP contribution in [0.1, 0.15) is 0 Å². The zero-order valence-electron chi connectivity index (χ0n) is 30.2. The van der Waals surface area contributed by atoms with Crippen LogP contribution in [0.15, 0.2) is 199 Å². The molecule has 11 rings (SSSR count). The van der Waals surface area contributed by atoms with Crippen molar-refractivity contribution in [2.45, 2.75) is 0 Å². The number of hydrogen-bond acceptors (Lipinski definition) is 4. The van der Waals surface area contributed by atoms with Gasteiger partial charge in [-0.25, -0.2) is 15.0 Å². The molecule has 262 valence electrons. The van der Waals surface area contributed by atoms with E-state index in [0.717, 1.165) is 66.6 Å². The Labute approximate surface area is 322 Å². The van der Waals surface area contributed by atoms with Crippen LogP contribution >= 0.6 is 0 Å². The first-order valence-corrected chi connectivity index (χ1v) is 18.8. The van der Waals surface area contributed by atoms with Gasteiger partial charge >= 0.3 is 0 Å². The Morgan fingerprint density at radius 1 is 0.339 bits per heavy atom. The molecule has 0 amide bonds. The standard InChI is InChI=1S/C51H32N4O/c1-4-14-33(15-5-1)35-18-12-19-37(30-35)50-52-49(34-16-6-2-7-17-34)53-51(54-50)38-27-29-46-43(32-38)48-40(23-13-25-47(48)56-46)36-26-28-45-42(31-36)41-22-10-11-24-44(41)55(45)39-20-8-3-9-21-39/h1-32H. The van der Waals surface area contributed by atoms with Gasteiger partial charge in [0.25, 0.3) is 0 Å². The van der Waals surface area contributed by atoms with Crippen molar-refractivity contribution < 1.29 is 4.42 Å². The molecule has 0 saturated heterocycles. The summed E-state index contributed by atoms with van der Waals surface area (Å²) in [5, 5.41) is 4.49. The maximum atomic E-state index is 6.51. The van der Waals surface area contributed by atoms with Crippen LogP contribution in [0.25, 0.3) is 106 Å². The quantitative estimate of drug-likeness (QED) is 0.172. The lowest BCUT2D eigenvalue weighted by Crippen LogP contribution is -2.00. The van der Waals surface area contributed by atoms with Crippen LogP contribution in [-0.4, -0.2) is 19.5 Å². The lowest BCUT2D eigenvalue weighted by atomic mass is 9.97. The number of rotatable bonds is 6. The number of para-hydroxylation sites is 2. The van der Waals surface area contributed by atoms with Crippen molar-refractivity contribution in [3.63, 3.8) is 0 Å². The SMILES string of the molecule is c1ccc(-c2cccc(-c3nc(-c4ccccc4)nc(-c4ccc5oc6cccc(-c7ccc8c(c7)c7ccccc7n8-c7ccccc7)c6c5c4)n3)c2)cc1. The molecule has 0 aliphatic rings. The Bertz CT molecular complexity index is 3240. The molecule has 0 unspecified atom stereocenters. The van der Waals surface area contributed by atoms with Crippen LogP contribution in [-0.2, 0) is 0 Å². The van der Waals surface area contributed by atoms with Gasteiger partial charge in [0.15, 0.2) is 17.5 Å². The molecule has 3 aromatic heterocycles. The van der Waals surface area contributed by atoms with Gasteiger partial charge in [-0.2, -0.15) is 0 Å². The maximum absolute atomic E-state index is 6.51. The minimum Gasteiger partial charge on any atom is -0.456 e. The lowest BCUT2D eigenvalue weighted by Gasteiger charge is -2.10. The second-order valence-electron chi connectivity index (χ2n) is 14.0. The van der Waals surface area contributed by atoms with Crippen molar-refractivity contribution in [2.24, 2.45) is 0 Å². The minimum absolute atomic E-state index is 0.600. The molecular formula is C51H32N4O. The molecule has 0 aliphatic carbocycles. The summed E-state index contributed by atoms with van der Waals surface area (Å²) in [7, 11) is 0. The van der Waals surface area contributed by atoms with Gasteiger partial charge in [0.05, 0.1) is 11.0 Å². The molecule has 3 heterocycles. The average Bonchev–Trinajstić information content (AvgIpc) is 3.82. The van der Waals surface area contributed by atoms with Gasteiger partial charge in [-0.3, -0.25) is 0 Å². The molecule has 5 nitrogen and oxygen atoms in total. The van der Waals surface area contributed by atoms with Crippen LogP contribution in [0, 0.1) is 0 Å². The molecule has 0 fully saturated rings. The van der Waals surface area contributed by atoms with E-state index >= 15 is 0 Å². The summed E-state index contributed by atoms with van der Waals surface area (Å²) in [6, 6.07) is 67.4. The molecule has 0 spiro atoms.